The molecule has 0 unspecified atom stereocenters. The van der Waals surface area contributed by atoms with Crippen LogP contribution in [0.15, 0.2) is 46.3 Å². The first-order valence-electron chi connectivity index (χ1n) is 6.42. The Morgan fingerprint density at radius 2 is 2.00 bits per heavy atom. The summed E-state index contributed by atoms with van der Waals surface area (Å²) in [5, 5.41) is 2.94. The number of thiophene rings is 1. The molecular weight excluding hydrogens is 336 g/mol. The predicted molar refractivity (Wildman–Crippen MR) is 87.0 cm³/mol. The first-order valence-corrected chi connectivity index (χ1v) is 8.03. The van der Waals surface area contributed by atoms with Crippen LogP contribution in [0.1, 0.15) is 10.4 Å². The van der Waals surface area contributed by atoms with Crippen LogP contribution in [0.4, 0.5) is 4.79 Å². The molecule has 1 aromatic carbocycles. The lowest BCUT2D eigenvalue weighted by atomic mass is 10.1. The zero-order valence-electron chi connectivity index (χ0n) is 11.3. The van der Waals surface area contributed by atoms with E-state index in [1.807, 2.05) is 37.4 Å². The highest BCUT2D eigenvalue weighted by atomic mass is 79.9. The molecule has 0 aliphatic heterocycles. The minimum absolute atomic E-state index is 0.0366. The van der Waals surface area contributed by atoms with Crippen molar-refractivity contribution in [3.63, 3.8) is 0 Å². The first-order chi connectivity index (χ1) is 9.65. The summed E-state index contributed by atoms with van der Waals surface area (Å²) in [6.45, 7) is 1.29. The van der Waals surface area contributed by atoms with Crippen LogP contribution in [-0.4, -0.2) is 24.5 Å². The molecule has 0 aliphatic rings. The molecule has 5 heteroatoms. The van der Waals surface area contributed by atoms with Crippen molar-refractivity contribution in [2.75, 3.05) is 13.6 Å². The molecule has 2 aromatic rings. The van der Waals surface area contributed by atoms with Crippen molar-refractivity contribution in [2.24, 2.45) is 0 Å². The number of hydrogen-bond donors (Lipinski definition) is 1. The monoisotopic (exact) mass is 352 g/mol. The summed E-state index contributed by atoms with van der Waals surface area (Å²) in [5.74, 6) is 0. The third kappa shape index (κ3) is 4.65. The predicted octanol–water partition coefficient (Wildman–Crippen LogP) is 3.89. The molecule has 1 aromatic heterocycles. The van der Waals surface area contributed by atoms with Gasteiger partial charge in [0.15, 0.2) is 0 Å². The second-order valence-corrected chi connectivity index (χ2v) is 7.08. The molecule has 0 bridgehead atoms. The topological polar surface area (TPSA) is 32.3 Å². The van der Waals surface area contributed by atoms with E-state index in [1.54, 1.807) is 16.2 Å². The standard InChI is InChI=1S/C15H17BrN2OS/c1-18(11-13-7-8-14(16)20-13)15(19)17-10-9-12-5-3-2-4-6-12/h2-8H,9-11H2,1H3,(H,17,19). The fourth-order valence-corrected chi connectivity index (χ4v) is 3.37. The summed E-state index contributed by atoms with van der Waals surface area (Å²) in [6.07, 6.45) is 0.852. The minimum Gasteiger partial charge on any atom is -0.338 e. The number of halogens is 1. The van der Waals surface area contributed by atoms with E-state index < -0.39 is 0 Å². The highest BCUT2D eigenvalue weighted by molar-refractivity contribution is 9.11. The summed E-state index contributed by atoms with van der Waals surface area (Å²) in [4.78, 5) is 14.8. The van der Waals surface area contributed by atoms with Gasteiger partial charge < -0.3 is 10.2 Å². The second kappa shape index (κ2) is 7.45. The number of carbonyl (C=O) groups excluding carboxylic acids is 1. The van der Waals surface area contributed by atoms with Gasteiger partial charge in [-0.1, -0.05) is 30.3 Å². The maximum absolute atomic E-state index is 12.0. The first kappa shape index (κ1) is 15.1. The van der Waals surface area contributed by atoms with Gasteiger partial charge in [0.2, 0.25) is 0 Å². The number of hydrogen-bond acceptors (Lipinski definition) is 2. The molecular formula is C15H17BrN2OS. The van der Waals surface area contributed by atoms with E-state index in [9.17, 15) is 4.79 Å². The van der Waals surface area contributed by atoms with Crippen molar-refractivity contribution in [3.05, 3.63) is 56.7 Å². The lowest BCUT2D eigenvalue weighted by Gasteiger charge is -2.17. The van der Waals surface area contributed by atoms with E-state index in [-0.39, 0.29) is 6.03 Å². The van der Waals surface area contributed by atoms with Gasteiger partial charge in [0.05, 0.1) is 10.3 Å². The van der Waals surface area contributed by atoms with Crippen LogP contribution >= 0.6 is 27.3 Å². The van der Waals surface area contributed by atoms with Gasteiger partial charge in [-0.2, -0.15) is 0 Å². The zero-order chi connectivity index (χ0) is 14.4. The lowest BCUT2D eigenvalue weighted by molar-refractivity contribution is 0.207. The lowest BCUT2D eigenvalue weighted by Crippen LogP contribution is -2.37. The number of urea groups is 1. The smallest absolute Gasteiger partial charge is 0.317 e. The highest BCUT2D eigenvalue weighted by Gasteiger charge is 2.09. The Balaban J connectivity index is 1.74. The molecule has 2 amide bonds. The molecule has 2 rings (SSSR count). The molecule has 0 spiro atoms. The maximum Gasteiger partial charge on any atom is 0.317 e. The quantitative estimate of drug-likeness (QED) is 0.869. The van der Waals surface area contributed by atoms with Crippen molar-refractivity contribution in [1.82, 2.24) is 10.2 Å². The van der Waals surface area contributed by atoms with Gasteiger partial charge in [-0.15, -0.1) is 11.3 Å². The molecule has 0 atom stereocenters. The molecule has 1 N–H and O–H groups in total. The second-order valence-electron chi connectivity index (χ2n) is 4.53. The van der Waals surface area contributed by atoms with Crippen LogP contribution < -0.4 is 5.32 Å². The molecule has 1 heterocycles. The Morgan fingerprint density at radius 1 is 1.25 bits per heavy atom. The van der Waals surface area contributed by atoms with E-state index in [2.05, 4.69) is 33.4 Å². The van der Waals surface area contributed by atoms with Crippen LogP contribution in [0, 0.1) is 0 Å². The van der Waals surface area contributed by atoms with Crippen LogP contribution in [0.5, 0.6) is 0 Å². The highest BCUT2D eigenvalue weighted by Crippen LogP contribution is 2.22. The Labute approximate surface area is 131 Å². The summed E-state index contributed by atoms with van der Waals surface area (Å²) in [6, 6.07) is 14.2. The zero-order valence-corrected chi connectivity index (χ0v) is 13.7. The normalized spacial score (nSPS) is 10.3. The van der Waals surface area contributed by atoms with Crippen LogP contribution in [0.25, 0.3) is 0 Å². The average Bonchev–Trinajstić information content (AvgIpc) is 2.85. The molecule has 106 valence electrons. The fraction of sp³-hybridized carbons (Fsp3) is 0.267. The fourth-order valence-electron chi connectivity index (χ4n) is 1.84. The van der Waals surface area contributed by atoms with E-state index >= 15 is 0 Å². The Kier molecular flexibility index (Phi) is 5.61. The van der Waals surface area contributed by atoms with Crippen LogP contribution in [-0.2, 0) is 13.0 Å². The van der Waals surface area contributed by atoms with Gasteiger partial charge in [0.25, 0.3) is 0 Å². The van der Waals surface area contributed by atoms with E-state index in [0.29, 0.717) is 13.1 Å². The van der Waals surface area contributed by atoms with Crippen LogP contribution in [0.2, 0.25) is 0 Å². The largest absolute Gasteiger partial charge is 0.338 e. The van der Waals surface area contributed by atoms with Crippen LogP contribution in [0.3, 0.4) is 0 Å². The van der Waals surface area contributed by atoms with Crippen molar-refractivity contribution in [3.8, 4) is 0 Å². The van der Waals surface area contributed by atoms with Crippen molar-refractivity contribution >= 4 is 33.3 Å². The van der Waals surface area contributed by atoms with Gasteiger partial charge >= 0.3 is 6.03 Å². The molecule has 20 heavy (non-hydrogen) atoms. The Hall–Kier alpha value is -1.33. The van der Waals surface area contributed by atoms with Gasteiger partial charge in [-0.3, -0.25) is 0 Å². The minimum atomic E-state index is -0.0366. The SMILES string of the molecule is CN(Cc1ccc(Br)s1)C(=O)NCCc1ccccc1. The number of rotatable bonds is 5. The summed E-state index contributed by atoms with van der Waals surface area (Å²) in [5.41, 5.74) is 1.23. The van der Waals surface area contributed by atoms with E-state index in [4.69, 9.17) is 0 Å². The number of carbonyl (C=O) groups is 1. The number of amides is 2. The number of nitrogens with zero attached hydrogens (tertiary/aromatic N) is 1. The van der Waals surface area contributed by atoms with Gasteiger partial charge in [0.1, 0.15) is 0 Å². The number of benzene rings is 1. The van der Waals surface area contributed by atoms with Crippen molar-refractivity contribution < 1.29 is 4.79 Å². The molecule has 0 saturated heterocycles. The summed E-state index contributed by atoms with van der Waals surface area (Å²) >= 11 is 5.08. The summed E-state index contributed by atoms with van der Waals surface area (Å²) in [7, 11) is 1.81. The molecule has 0 fully saturated rings. The molecule has 0 radical (unpaired) electrons. The Bertz CT molecular complexity index is 556. The molecule has 0 aliphatic carbocycles. The van der Waals surface area contributed by atoms with Gasteiger partial charge in [0, 0.05) is 18.5 Å². The average molecular weight is 353 g/mol. The summed E-state index contributed by atoms with van der Waals surface area (Å²) < 4.78 is 1.09. The van der Waals surface area contributed by atoms with E-state index in [0.717, 1.165) is 15.1 Å². The molecule has 3 nitrogen and oxygen atoms in total. The van der Waals surface area contributed by atoms with E-state index in [1.165, 1.54) is 5.56 Å². The third-order valence-corrected chi connectivity index (χ3v) is 4.51. The Morgan fingerprint density at radius 3 is 2.65 bits per heavy atom. The van der Waals surface area contributed by atoms with Crippen molar-refractivity contribution in [1.29, 1.82) is 0 Å². The van der Waals surface area contributed by atoms with Crippen molar-refractivity contribution in [2.45, 2.75) is 13.0 Å². The number of nitrogens with one attached hydrogen (secondary N) is 1. The molecule has 0 saturated carbocycles. The van der Waals surface area contributed by atoms with Gasteiger partial charge in [-0.05, 0) is 40.0 Å². The third-order valence-electron chi connectivity index (χ3n) is 2.90. The maximum atomic E-state index is 12.0. The van der Waals surface area contributed by atoms with Gasteiger partial charge in [-0.25, -0.2) is 4.79 Å².